The zero-order valence-electron chi connectivity index (χ0n) is 21.1. The molecule has 1 aliphatic rings. The third-order valence-electron chi connectivity index (χ3n) is 6.70. The summed E-state index contributed by atoms with van der Waals surface area (Å²) in [6.07, 6.45) is 5.04. The van der Waals surface area contributed by atoms with Gasteiger partial charge >= 0.3 is 0 Å². The van der Waals surface area contributed by atoms with Gasteiger partial charge < -0.3 is 9.80 Å². The fourth-order valence-electron chi connectivity index (χ4n) is 4.68. The van der Waals surface area contributed by atoms with E-state index in [1.54, 1.807) is 0 Å². The molecule has 2 heterocycles. The number of hydrogen-bond donors (Lipinski definition) is 0. The number of aromatic nitrogens is 2. The van der Waals surface area contributed by atoms with Crippen LogP contribution in [-0.4, -0.2) is 47.0 Å². The van der Waals surface area contributed by atoms with Crippen LogP contribution >= 0.6 is 11.6 Å². The van der Waals surface area contributed by atoms with Crippen LogP contribution in [0.15, 0.2) is 48.5 Å². The Labute approximate surface area is 214 Å². The summed E-state index contributed by atoms with van der Waals surface area (Å²) in [4.78, 5) is 27.0. The quantitative estimate of drug-likeness (QED) is 0.394. The van der Waals surface area contributed by atoms with Gasteiger partial charge in [-0.25, -0.2) is 9.97 Å². The van der Waals surface area contributed by atoms with Crippen LogP contribution in [0.5, 0.6) is 0 Å². The molecule has 1 aliphatic heterocycles. The van der Waals surface area contributed by atoms with E-state index in [9.17, 15) is 4.79 Å². The minimum atomic E-state index is 0.112. The molecule has 0 unspecified atom stereocenters. The summed E-state index contributed by atoms with van der Waals surface area (Å²) in [6, 6.07) is 16.1. The maximum absolute atomic E-state index is 13.1. The first kappa shape index (κ1) is 25.2. The molecule has 0 spiro atoms. The van der Waals surface area contributed by atoms with E-state index in [0.717, 1.165) is 60.3 Å². The number of amides is 1. The monoisotopic (exact) mass is 490 g/mol. The van der Waals surface area contributed by atoms with Crippen LogP contribution in [-0.2, 0) is 19.3 Å². The topological polar surface area (TPSA) is 49.3 Å². The molecule has 1 amide bonds. The number of anilines is 1. The first-order chi connectivity index (χ1) is 17.0. The lowest BCUT2D eigenvalue weighted by atomic mass is 10.0. The Kier molecular flexibility index (Phi) is 8.40. The smallest absolute Gasteiger partial charge is 0.253 e. The Bertz CT molecular complexity index is 1140. The van der Waals surface area contributed by atoms with Gasteiger partial charge in [0.1, 0.15) is 11.6 Å². The van der Waals surface area contributed by atoms with E-state index in [1.165, 1.54) is 29.5 Å². The molecule has 5 nitrogen and oxygen atoms in total. The van der Waals surface area contributed by atoms with Crippen LogP contribution in [0.2, 0.25) is 5.02 Å². The van der Waals surface area contributed by atoms with Crippen molar-refractivity contribution >= 4 is 23.3 Å². The summed E-state index contributed by atoms with van der Waals surface area (Å²) >= 11 is 6.09. The summed E-state index contributed by atoms with van der Waals surface area (Å²) in [5, 5.41) is 0.737. The molecule has 0 atom stereocenters. The minimum absolute atomic E-state index is 0.112. The fraction of sp³-hybridized carbons (Fsp3) is 0.414. The van der Waals surface area contributed by atoms with Gasteiger partial charge in [0, 0.05) is 54.4 Å². The van der Waals surface area contributed by atoms with Crippen LogP contribution in [0.4, 0.5) is 5.82 Å². The summed E-state index contributed by atoms with van der Waals surface area (Å²) < 4.78 is 0. The molecule has 3 aromatic rings. The highest BCUT2D eigenvalue weighted by Gasteiger charge is 2.26. The largest absolute Gasteiger partial charge is 0.353 e. The molecule has 0 radical (unpaired) electrons. The highest BCUT2D eigenvalue weighted by Crippen LogP contribution is 2.27. The van der Waals surface area contributed by atoms with Gasteiger partial charge in [0.05, 0.1) is 0 Å². The molecule has 0 bridgehead atoms. The molecule has 2 aromatic carbocycles. The van der Waals surface area contributed by atoms with Crippen molar-refractivity contribution in [2.75, 3.05) is 31.1 Å². The second-order valence-electron chi connectivity index (χ2n) is 9.26. The zero-order valence-corrected chi connectivity index (χ0v) is 21.8. The van der Waals surface area contributed by atoms with Crippen molar-refractivity contribution in [3.63, 3.8) is 0 Å². The Morgan fingerprint density at radius 2 is 1.57 bits per heavy atom. The second-order valence-corrected chi connectivity index (χ2v) is 9.69. The second kappa shape index (κ2) is 11.7. The third-order valence-corrected chi connectivity index (χ3v) is 6.95. The summed E-state index contributed by atoms with van der Waals surface area (Å²) in [6.45, 7) is 9.17. The zero-order chi connectivity index (χ0) is 24.8. The van der Waals surface area contributed by atoms with Crippen molar-refractivity contribution in [2.45, 2.75) is 52.9 Å². The number of hydrogen-bond acceptors (Lipinski definition) is 4. The first-order valence-electron chi connectivity index (χ1n) is 12.7. The van der Waals surface area contributed by atoms with Gasteiger partial charge in [-0.2, -0.15) is 0 Å². The van der Waals surface area contributed by atoms with E-state index in [2.05, 4.69) is 43.0 Å². The predicted molar refractivity (Wildman–Crippen MR) is 144 cm³/mol. The number of benzene rings is 2. The third kappa shape index (κ3) is 6.21. The van der Waals surface area contributed by atoms with E-state index in [1.807, 2.05) is 36.1 Å². The Morgan fingerprint density at radius 1 is 0.914 bits per heavy atom. The van der Waals surface area contributed by atoms with Crippen molar-refractivity contribution in [1.82, 2.24) is 14.9 Å². The Hall–Kier alpha value is -2.92. The average Bonchev–Trinajstić information content (AvgIpc) is 2.89. The van der Waals surface area contributed by atoms with Crippen molar-refractivity contribution < 1.29 is 4.79 Å². The summed E-state index contributed by atoms with van der Waals surface area (Å²) in [5.41, 5.74) is 5.52. The highest BCUT2D eigenvalue weighted by molar-refractivity contribution is 6.30. The molecule has 0 aliphatic carbocycles. The molecule has 1 aromatic heterocycles. The van der Waals surface area contributed by atoms with Gasteiger partial charge in [-0.15, -0.1) is 0 Å². The summed E-state index contributed by atoms with van der Waals surface area (Å²) in [5.74, 6) is 1.90. The number of piperazine rings is 1. The molecule has 1 fully saturated rings. The number of halogens is 1. The molecule has 1 saturated heterocycles. The lowest BCUT2D eigenvalue weighted by Crippen LogP contribution is -2.49. The molecule has 4 rings (SSSR count). The van der Waals surface area contributed by atoms with Gasteiger partial charge in [-0.3, -0.25) is 4.79 Å². The Balaban J connectivity index is 1.48. The molecular weight excluding hydrogens is 456 g/mol. The number of nitrogens with zero attached hydrogens (tertiary/aromatic N) is 4. The number of unbranched alkanes of at least 4 members (excludes halogenated alkanes) is 1. The number of rotatable bonds is 8. The molecule has 0 saturated carbocycles. The van der Waals surface area contributed by atoms with Crippen molar-refractivity contribution in [3.8, 4) is 0 Å². The van der Waals surface area contributed by atoms with Crippen LogP contribution < -0.4 is 4.90 Å². The van der Waals surface area contributed by atoms with Gasteiger partial charge in [-0.1, -0.05) is 56.1 Å². The number of aryl methyl sites for hydroxylation is 3. The normalized spacial score (nSPS) is 13.8. The Morgan fingerprint density at radius 3 is 2.20 bits per heavy atom. The average molecular weight is 491 g/mol. The maximum atomic E-state index is 13.1. The molecule has 184 valence electrons. The number of carbonyl (C=O) groups excluding carboxylic acids is 1. The van der Waals surface area contributed by atoms with Crippen molar-refractivity contribution in [1.29, 1.82) is 0 Å². The van der Waals surface area contributed by atoms with E-state index in [0.29, 0.717) is 13.1 Å². The summed E-state index contributed by atoms with van der Waals surface area (Å²) in [7, 11) is 0. The van der Waals surface area contributed by atoms with E-state index >= 15 is 0 Å². The van der Waals surface area contributed by atoms with Gasteiger partial charge in [0.25, 0.3) is 5.91 Å². The first-order valence-corrected chi connectivity index (χ1v) is 13.1. The van der Waals surface area contributed by atoms with Crippen LogP contribution in [0, 0.1) is 6.92 Å². The molecule has 35 heavy (non-hydrogen) atoms. The van der Waals surface area contributed by atoms with Gasteiger partial charge in [0.2, 0.25) is 0 Å². The van der Waals surface area contributed by atoms with Crippen LogP contribution in [0.1, 0.15) is 65.3 Å². The molecule has 6 heteroatoms. The minimum Gasteiger partial charge on any atom is -0.353 e. The van der Waals surface area contributed by atoms with E-state index in [4.69, 9.17) is 21.6 Å². The molecular formula is C29H35ClN4O. The predicted octanol–water partition coefficient (Wildman–Crippen LogP) is 5.90. The fourth-order valence-corrected chi connectivity index (χ4v) is 4.80. The van der Waals surface area contributed by atoms with Crippen LogP contribution in [0.3, 0.4) is 0 Å². The van der Waals surface area contributed by atoms with Crippen LogP contribution in [0.25, 0.3) is 0 Å². The van der Waals surface area contributed by atoms with Gasteiger partial charge in [0.15, 0.2) is 0 Å². The van der Waals surface area contributed by atoms with Gasteiger partial charge in [-0.05, 0) is 61.6 Å². The molecule has 0 N–H and O–H groups in total. The standard InChI is InChI=1S/C29H35ClN4O/c1-4-6-7-22-8-12-24(13-9-22)29(35)34-18-16-33(17-19-34)28-26(27(5-2)31-21(3)32-28)20-23-10-14-25(30)15-11-23/h8-15H,4-7,16-20H2,1-3H3. The lowest BCUT2D eigenvalue weighted by molar-refractivity contribution is 0.0746. The van der Waals surface area contributed by atoms with E-state index < -0.39 is 0 Å². The van der Waals surface area contributed by atoms with Crippen molar-refractivity contribution in [3.05, 3.63) is 87.3 Å². The number of carbonyl (C=O) groups is 1. The van der Waals surface area contributed by atoms with Crippen molar-refractivity contribution in [2.24, 2.45) is 0 Å². The SMILES string of the molecule is CCCCc1ccc(C(=O)N2CCN(c3nc(C)nc(CC)c3Cc3ccc(Cl)cc3)CC2)cc1. The maximum Gasteiger partial charge on any atom is 0.253 e. The lowest BCUT2D eigenvalue weighted by Gasteiger charge is -2.36. The van der Waals surface area contributed by atoms with E-state index in [-0.39, 0.29) is 5.91 Å². The highest BCUT2D eigenvalue weighted by atomic mass is 35.5.